The molecule has 19 heavy (non-hydrogen) atoms. The second-order valence-electron chi connectivity index (χ2n) is 6.61. The topological polar surface area (TPSA) is 41.1 Å². The Hall–Kier alpha value is -1.35. The van der Waals surface area contributed by atoms with Crippen LogP contribution in [-0.4, -0.2) is 18.0 Å². The lowest BCUT2D eigenvalue weighted by Gasteiger charge is -2.27. The molecule has 0 saturated carbocycles. The van der Waals surface area contributed by atoms with Gasteiger partial charge in [0.25, 0.3) is 0 Å². The molecule has 1 aliphatic heterocycles. The summed E-state index contributed by atoms with van der Waals surface area (Å²) in [5.41, 5.74) is 1.69. The number of carbonyl (C=O) groups is 1. The van der Waals surface area contributed by atoms with Crippen molar-refractivity contribution in [1.82, 2.24) is 5.32 Å². The van der Waals surface area contributed by atoms with Crippen LogP contribution in [0.5, 0.6) is 0 Å². The molecule has 0 bridgehead atoms. The van der Waals surface area contributed by atoms with Crippen molar-refractivity contribution in [1.29, 1.82) is 0 Å². The predicted molar refractivity (Wildman–Crippen MR) is 79.4 cm³/mol. The Morgan fingerprint density at radius 1 is 1.32 bits per heavy atom. The molecular weight excluding hydrogens is 236 g/mol. The Morgan fingerprint density at radius 3 is 2.58 bits per heavy atom. The second kappa shape index (κ2) is 4.97. The van der Waals surface area contributed by atoms with Crippen LogP contribution in [0.3, 0.4) is 0 Å². The minimum Gasteiger partial charge on any atom is -0.324 e. The Kier molecular flexibility index (Phi) is 3.68. The largest absolute Gasteiger partial charge is 0.324 e. The smallest absolute Gasteiger partial charge is 0.244 e. The summed E-state index contributed by atoms with van der Waals surface area (Å²) in [5, 5.41) is 6.40. The fraction of sp³-hybridized carbons (Fsp3) is 0.562. The second-order valence-corrected chi connectivity index (χ2v) is 6.61. The maximum atomic E-state index is 12.4. The zero-order valence-corrected chi connectivity index (χ0v) is 12.3. The van der Waals surface area contributed by atoms with E-state index in [-0.39, 0.29) is 11.3 Å². The molecule has 0 aromatic heterocycles. The number of anilines is 1. The van der Waals surface area contributed by atoms with Gasteiger partial charge in [-0.2, -0.15) is 0 Å². The lowest BCUT2D eigenvalue weighted by molar-refractivity contribution is -0.121. The lowest BCUT2D eigenvalue weighted by Crippen LogP contribution is -2.48. The summed E-state index contributed by atoms with van der Waals surface area (Å²) in [4.78, 5) is 12.4. The summed E-state index contributed by atoms with van der Waals surface area (Å²) in [7, 11) is 0. The van der Waals surface area contributed by atoms with Crippen molar-refractivity contribution >= 4 is 11.6 Å². The van der Waals surface area contributed by atoms with E-state index < -0.39 is 5.54 Å². The van der Waals surface area contributed by atoms with E-state index in [2.05, 4.69) is 37.5 Å². The van der Waals surface area contributed by atoms with Gasteiger partial charge >= 0.3 is 0 Å². The van der Waals surface area contributed by atoms with Gasteiger partial charge in [-0.1, -0.05) is 39.0 Å². The van der Waals surface area contributed by atoms with E-state index >= 15 is 0 Å². The van der Waals surface area contributed by atoms with Crippen molar-refractivity contribution in [3.63, 3.8) is 0 Å². The lowest BCUT2D eigenvalue weighted by atomic mass is 9.85. The third kappa shape index (κ3) is 2.98. The van der Waals surface area contributed by atoms with Gasteiger partial charge in [-0.25, -0.2) is 0 Å². The first-order valence-corrected chi connectivity index (χ1v) is 6.99. The highest BCUT2D eigenvalue weighted by Crippen LogP contribution is 2.30. The first kappa shape index (κ1) is 14.1. The Morgan fingerprint density at radius 2 is 2.00 bits per heavy atom. The predicted octanol–water partition coefficient (Wildman–Crippen LogP) is 3.06. The van der Waals surface area contributed by atoms with Crippen LogP contribution in [0.2, 0.25) is 0 Å². The monoisotopic (exact) mass is 260 g/mol. The van der Waals surface area contributed by atoms with Gasteiger partial charge in [0.1, 0.15) is 0 Å². The number of rotatable bonds is 2. The van der Waals surface area contributed by atoms with E-state index in [1.54, 1.807) is 0 Å². The van der Waals surface area contributed by atoms with Crippen LogP contribution in [0.4, 0.5) is 5.69 Å². The van der Waals surface area contributed by atoms with E-state index in [1.165, 1.54) is 5.56 Å². The molecule has 0 aliphatic carbocycles. The normalized spacial score (nSPS) is 23.4. The molecule has 0 radical (unpaired) electrons. The molecule has 1 fully saturated rings. The van der Waals surface area contributed by atoms with Crippen LogP contribution in [0.25, 0.3) is 0 Å². The molecule has 1 atom stereocenters. The summed E-state index contributed by atoms with van der Waals surface area (Å²) < 4.78 is 0. The minimum absolute atomic E-state index is 0.0217. The van der Waals surface area contributed by atoms with Crippen molar-refractivity contribution in [2.24, 2.45) is 0 Å². The fourth-order valence-corrected chi connectivity index (χ4v) is 2.59. The number of nitrogens with one attached hydrogen (secondary N) is 2. The van der Waals surface area contributed by atoms with E-state index in [9.17, 15) is 4.79 Å². The number of carbonyl (C=O) groups excluding carboxylic acids is 1. The SMILES string of the molecule is CC1(C(=O)Nc2ccccc2C(C)(C)C)CCCN1. The zero-order valence-electron chi connectivity index (χ0n) is 12.3. The molecule has 1 aromatic rings. The molecule has 3 heteroatoms. The summed E-state index contributed by atoms with van der Waals surface area (Å²) in [5.74, 6) is 0.0710. The maximum Gasteiger partial charge on any atom is 0.244 e. The average Bonchev–Trinajstić information content (AvgIpc) is 2.77. The van der Waals surface area contributed by atoms with Crippen LogP contribution < -0.4 is 10.6 Å². The van der Waals surface area contributed by atoms with Gasteiger partial charge in [0.15, 0.2) is 0 Å². The number of para-hydroxylation sites is 1. The summed E-state index contributed by atoms with van der Waals surface area (Å²) >= 11 is 0. The summed E-state index contributed by atoms with van der Waals surface area (Å²) in [6.07, 6.45) is 1.96. The molecule has 1 heterocycles. The molecule has 1 amide bonds. The van der Waals surface area contributed by atoms with Crippen molar-refractivity contribution in [2.75, 3.05) is 11.9 Å². The zero-order chi connectivity index (χ0) is 14.1. The van der Waals surface area contributed by atoms with Gasteiger partial charge in [0.05, 0.1) is 5.54 Å². The molecule has 2 rings (SSSR count). The van der Waals surface area contributed by atoms with Gasteiger partial charge in [0, 0.05) is 5.69 Å². The van der Waals surface area contributed by atoms with Gasteiger partial charge in [0.2, 0.25) is 5.91 Å². The summed E-state index contributed by atoms with van der Waals surface area (Å²) in [6, 6.07) is 8.05. The van der Waals surface area contributed by atoms with Crippen LogP contribution in [-0.2, 0) is 10.2 Å². The standard InChI is InChI=1S/C16H24N2O/c1-15(2,3)12-8-5-6-9-13(12)18-14(19)16(4)10-7-11-17-16/h5-6,8-9,17H,7,10-11H2,1-4H3,(H,18,19). The Labute approximate surface area is 115 Å². The molecule has 1 saturated heterocycles. The molecular formula is C16H24N2O. The third-order valence-electron chi connectivity index (χ3n) is 3.85. The van der Waals surface area contributed by atoms with Crippen LogP contribution in [0.15, 0.2) is 24.3 Å². The fourth-order valence-electron chi connectivity index (χ4n) is 2.59. The quantitative estimate of drug-likeness (QED) is 0.858. The van der Waals surface area contributed by atoms with Gasteiger partial charge in [-0.15, -0.1) is 0 Å². The van der Waals surface area contributed by atoms with Crippen molar-refractivity contribution in [2.45, 2.75) is 51.5 Å². The van der Waals surface area contributed by atoms with Gasteiger partial charge in [-0.3, -0.25) is 4.79 Å². The van der Waals surface area contributed by atoms with Crippen molar-refractivity contribution in [3.8, 4) is 0 Å². The van der Waals surface area contributed by atoms with Crippen LogP contribution in [0, 0.1) is 0 Å². The highest BCUT2D eigenvalue weighted by Gasteiger charge is 2.36. The maximum absolute atomic E-state index is 12.4. The highest BCUT2D eigenvalue weighted by atomic mass is 16.2. The molecule has 2 N–H and O–H groups in total. The van der Waals surface area contributed by atoms with E-state index in [4.69, 9.17) is 0 Å². The number of hydrogen-bond acceptors (Lipinski definition) is 2. The molecule has 104 valence electrons. The number of hydrogen-bond donors (Lipinski definition) is 2. The molecule has 1 aromatic carbocycles. The van der Waals surface area contributed by atoms with Gasteiger partial charge in [-0.05, 0) is 43.4 Å². The minimum atomic E-state index is -0.426. The summed E-state index contributed by atoms with van der Waals surface area (Å²) in [6.45, 7) is 9.38. The van der Waals surface area contributed by atoms with E-state index in [0.29, 0.717) is 0 Å². The third-order valence-corrected chi connectivity index (χ3v) is 3.85. The number of benzene rings is 1. The highest BCUT2D eigenvalue weighted by molar-refractivity contribution is 5.98. The van der Waals surface area contributed by atoms with Crippen molar-refractivity contribution in [3.05, 3.63) is 29.8 Å². The van der Waals surface area contributed by atoms with Crippen LogP contribution in [0.1, 0.15) is 46.1 Å². The average molecular weight is 260 g/mol. The number of amides is 1. The van der Waals surface area contributed by atoms with Crippen molar-refractivity contribution < 1.29 is 4.79 Å². The molecule has 1 unspecified atom stereocenters. The van der Waals surface area contributed by atoms with Gasteiger partial charge < -0.3 is 10.6 Å². The first-order chi connectivity index (χ1) is 8.83. The van der Waals surface area contributed by atoms with E-state index in [0.717, 1.165) is 25.1 Å². The van der Waals surface area contributed by atoms with E-state index in [1.807, 2.05) is 25.1 Å². The Bertz CT molecular complexity index is 468. The molecule has 1 aliphatic rings. The Balaban J connectivity index is 2.22. The molecule has 3 nitrogen and oxygen atoms in total. The van der Waals surface area contributed by atoms with Crippen LogP contribution >= 0.6 is 0 Å². The molecule has 0 spiro atoms. The first-order valence-electron chi connectivity index (χ1n) is 6.99.